The van der Waals surface area contributed by atoms with E-state index in [1.807, 2.05) is 13.8 Å². The lowest BCUT2D eigenvalue weighted by atomic mass is 10.1. The van der Waals surface area contributed by atoms with Crippen LogP contribution >= 0.6 is 0 Å². The van der Waals surface area contributed by atoms with Gasteiger partial charge in [0.15, 0.2) is 0 Å². The minimum Gasteiger partial charge on any atom is -0.310 e. The van der Waals surface area contributed by atoms with Crippen molar-refractivity contribution < 1.29 is 8.78 Å². The first kappa shape index (κ1) is 13.2. The van der Waals surface area contributed by atoms with Gasteiger partial charge in [-0.1, -0.05) is 13.8 Å². The number of halogens is 2. The number of H-pyrrole nitrogens is 1. The number of hydrogen-bond donors (Lipinski definition) is 1. The minimum absolute atomic E-state index is 0.115. The number of aromatic nitrogens is 2. The molecule has 0 aromatic carbocycles. The number of aromatic amines is 1. The van der Waals surface area contributed by atoms with E-state index in [4.69, 9.17) is 0 Å². The molecule has 1 atom stereocenters. The van der Waals surface area contributed by atoms with Gasteiger partial charge >= 0.3 is 0 Å². The van der Waals surface area contributed by atoms with Gasteiger partial charge in [0, 0.05) is 30.5 Å². The summed E-state index contributed by atoms with van der Waals surface area (Å²) in [5.74, 6) is -2.12. The van der Waals surface area contributed by atoms with Crippen LogP contribution in [0.4, 0.5) is 8.78 Å². The second kappa shape index (κ2) is 4.78. The van der Waals surface area contributed by atoms with Gasteiger partial charge in [-0.05, 0) is 18.8 Å². The fraction of sp³-hybridized carbons (Fsp3) is 0.692. The maximum absolute atomic E-state index is 13.2. The summed E-state index contributed by atoms with van der Waals surface area (Å²) in [6.45, 7) is 4.07. The van der Waals surface area contributed by atoms with E-state index in [1.54, 1.807) is 0 Å². The van der Waals surface area contributed by atoms with Crippen molar-refractivity contribution in [1.82, 2.24) is 9.97 Å². The van der Waals surface area contributed by atoms with E-state index < -0.39 is 5.92 Å². The largest absolute Gasteiger partial charge is 0.310 e. The van der Waals surface area contributed by atoms with Crippen LogP contribution in [0, 0.1) is 5.92 Å². The average molecular weight is 256 g/mol. The number of rotatable bonds is 3. The van der Waals surface area contributed by atoms with Gasteiger partial charge < -0.3 is 4.98 Å². The first-order valence-corrected chi connectivity index (χ1v) is 6.34. The number of alkyl halides is 2. The fourth-order valence-corrected chi connectivity index (χ4v) is 2.43. The standard InChI is InChI=1S/C13H18F2N2O/c1-8(2)5-10-6-11(18)17-12(16-10)9-3-4-13(14,15)7-9/h6,8-9H,3-5,7H2,1-2H3,(H,16,17,18). The molecule has 2 rings (SSSR count). The van der Waals surface area contributed by atoms with Crippen molar-refractivity contribution in [1.29, 1.82) is 0 Å². The third-order valence-corrected chi connectivity index (χ3v) is 3.22. The molecule has 3 nitrogen and oxygen atoms in total. The molecule has 0 radical (unpaired) electrons. The monoisotopic (exact) mass is 256 g/mol. The highest BCUT2D eigenvalue weighted by Gasteiger charge is 2.41. The Morgan fingerprint density at radius 3 is 2.83 bits per heavy atom. The molecular weight excluding hydrogens is 238 g/mol. The molecule has 1 aromatic heterocycles. The topological polar surface area (TPSA) is 45.8 Å². The summed E-state index contributed by atoms with van der Waals surface area (Å²) < 4.78 is 26.3. The lowest BCUT2D eigenvalue weighted by molar-refractivity contribution is 0.00752. The highest BCUT2D eigenvalue weighted by Crippen LogP contribution is 2.42. The fourth-order valence-electron chi connectivity index (χ4n) is 2.43. The first-order chi connectivity index (χ1) is 8.35. The zero-order chi connectivity index (χ0) is 13.3. The Kier molecular flexibility index (Phi) is 3.50. The molecule has 1 N–H and O–H groups in total. The first-order valence-electron chi connectivity index (χ1n) is 6.34. The third kappa shape index (κ3) is 3.15. The Morgan fingerprint density at radius 1 is 1.56 bits per heavy atom. The van der Waals surface area contributed by atoms with Crippen molar-refractivity contribution in [2.24, 2.45) is 5.92 Å². The van der Waals surface area contributed by atoms with E-state index in [0.29, 0.717) is 30.3 Å². The second-order valence-electron chi connectivity index (χ2n) is 5.52. The predicted octanol–water partition coefficient (Wildman–Crippen LogP) is 2.87. The molecule has 0 amide bonds. The molecule has 100 valence electrons. The molecule has 1 saturated carbocycles. The highest BCUT2D eigenvalue weighted by molar-refractivity contribution is 5.09. The van der Waals surface area contributed by atoms with Gasteiger partial charge in [-0.25, -0.2) is 13.8 Å². The lowest BCUT2D eigenvalue weighted by Crippen LogP contribution is -2.17. The Morgan fingerprint density at radius 2 is 2.28 bits per heavy atom. The smallest absolute Gasteiger partial charge is 0.251 e. The van der Waals surface area contributed by atoms with Crippen molar-refractivity contribution >= 4 is 0 Å². The Labute approximate surface area is 105 Å². The second-order valence-corrected chi connectivity index (χ2v) is 5.52. The van der Waals surface area contributed by atoms with Crippen LogP contribution in [0.15, 0.2) is 10.9 Å². The van der Waals surface area contributed by atoms with Crippen molar-refractivity contribution in [3.8, 4) is 0 Å². The summed E-state index contributed by atoms with van der Waals surface area (Å²) in [6.07, 6.45) is 0.762. The summed E-state index contributed by atoms with van der Waals surface area (Å²) >= 11 is 0. The van der Waals surface area contributed by atoms with Crippen LogP contribution in [0.5, 0.6) is 0 Å². The zero-order valence-electron chi connectivity index (χ0n) is 10.7. The number of hydrogen-bond acceptors (Lipinski definition) is 2. The van der Waals surface area contributed by atoms with E-state index in [2.05, 4.69) is 9.97 Å². The van der Waals surface area contributed by atoms with E-state index in [-0.39, 0.29) is 24.3 Å². The average Bonchev–Trinajstić information content (AvgIpc) is 2.57. The predicted molar refractivity (Wildman–Crippen MR) is 64.9 cm³/mol. The van der Waals surface area contributed by atoms with Gasteiger partial charge in [0.05, 0.1) is 0 Å². The minimum atomic E-state index is -2.61. The van der Waals surface area contributed by atoms with Gasteiger partial charge in [-0.15, -0.1) is 0 Å². The van der Waals surface area contributed by atoms with Crippen LogP contribution in [-0.4, -0.2) is 15.9 Å². The quantitative estimate of drug-likeness (QED) is 0.903. The van der Waals surface area contributed by atoms with Gasteiger partial charge in [-0.2, -0.15) is 0 Å². The normalized spacial score (nSPS) is 22.6. The summed E-state index contributed by atoms with van der Waals surface area (Å²) in [6, 6.07) is 1.45. The Balaban J connectivity index is 2.23. The maximum Gasteiger partial charge on any atom is 0.251 e. The molecule has 0 aliphatic heterocycles. The van der Waals surface area contributed by atoms with E-state index in [9.17, 15) is 13.6 Å². The van der Waals surface area contributed by atoms with E-state index >= 15 is 0 Å². The van der Waals surface area contributed by atoms with Crippen LogP contribution in [-0.2, 0) is 6.42 Å². The van der Waals surface area contributed by atoms with Crippen LogP contribution in [0.25, 0.3) is 0 Å². The van der Waals surface area contributed by atoms with Crippen molar-refractivity contribution in [3.63, 3.8) is 0 Å². The van der Waals surface area contributed by atoms with Gasteiger partial charge in [0.25, 0.3) is 5.56 Å². The molecule has 1 aliphatic carbocycles. The molecule has 1 unspecified atom stereocenters. The van der Waals surface area contributed by atoms with Crippen LogP contribution in [0.3, 0.4) is 0 Å². The van der Waals surface area contributed by atoms with Crippen LogP contribution in [0.2, 0.25) is 0 Å². The molecule has 0 saturated heterocycles. The van der Waals surface area contributed by atoms with Gasteiger partial charge in [-0.3, -0.25) is 4.79 Å². The Bertz CT molecular complexity index is 482. The van der Waals surface area contributed by atoms with Crippen molar-refractivity contribution in [3.05, 3.63) is 27.9 Å². The summed E-state index contributed by atoms with van der Waals surface area (Å²) in [5.41, 5.74) is 0.449. The molecule has 0 bridgehead atoms. The third-order valence-electron chi connectivity index (χ3n) is 3.22. The van der Waals surface area contributed by atoms with Crippen LogP contribution < -0.4 is 5.56 Å². The zero-order valence-corrected chi connectivity index (χ0v) is 10.7. The van der Waals surface area contributed by atoms with E-state index in [1.165, 1.54) is 6.07 Å². The molecule has 1 aromatic rings. The highest BCUT2D eigenvalue weighted by atomic mass is 19.3. The molecular formula is C13H18F2N2O. The molecule has 0 spiro atoms. The van der Waals surface area contributed by atoms with Crippen molar-refractivity contribution in [2.45, 2.75) is 51.4 Å². The molecule has 1 heterocycles. The van der Waals surface area contributed by atoms with Crippen molar-refractivity contribution in [2.75, 3.05) is 0 Å². The van der Waals surface area contributed by atoms with E-state index in [0.717, 1.165) is 0 Å². The molecule has 18 heavy (non-hydrogen) atoms. The summed E-state index contributed by atoms with van der Waals surface area (Å²) in [5, 5.41) is 0. The molecule has 5 heteroatoms. The summed E-state index contributed by atoms with van der Waals surface area (Å²) in [7, 11) is 0. The van der Waals surface area contributed by atoms with Gasteiger partial charge in [0.2, 0.25) is 5.92 Å². The molecule has 1 aliphatic rings. The van der Waals surface area contributed by atoms with Gasteiger partial charge in [0.1, 0.15) is 5.82 Å². The maximum atomic E-state index is 13.2. The number of nitrogens with one attached hydrogen (secondary N) is 1. The summed E-state index contributed by atoms with van der Waals surface area (Å²) in [4.78, 5) is 18.5. The lowest BCUT2D eigenvalue weighted by Gasteiger charge is -2.11. The Hall–Kier alpha value is -1.26. The number of nitrogens with zero attached hydrogens (tertiary/aromatic N) is 1. The SMILES string of the molecule is CC(C)Cc1cc(=O)[nH]c(C2CCC(F)(F)C2)n1. The molecule has 1 fully saturated rings. The van der Waals surface area contributed by atoms with Crippen LogP contribution in [0.1, 0.15) is 50.5 Å².